The first kappa shape index (κ1) is 35.5. The summed E-state index contributed by atoms with van der Waals surface area (Å²) in [6.45, 7) is 2.85. The number of carbonyl (C=O) groups is 5. The molecule has 15 heteroatoms. The van der Waals surface area contributed by atoms with Crippen LogP contribution in [0.2, 0.25) is 0 Å². The number of nitrogens with zero attached hydrogens (tertiary/aromatic N) is 6. The Hall–Kier alpha value is -4.89. The molecule has 14 nitrogen and oxygen atoms in total. The molecule has 3 aromatic rings. The van der Waals surface area contributed by atoms with E-state index in [1.165, 1.54) is 4.68 Å². The minimum absolute atomic E-state index is 0.0139. The number of likely N-dealkylation sites (tertiary alicyclic amines) is 1. The van der Waals surface area contributed by atoms with E-state index in [4.69, 9.17) is 0 Å². The van der Waals surface area contributed by atoms with Gasteiger partial charge in [0.1, 0.15) is 10.5 Å². The lowest BCUT2D eigenvalue weighted by atomic mass is 9.87. The van der Waals surface area contributed by atoms with Crippen LogP contribution in [0.1, 0.15) is 74.7 Å². The number of aryl methyl sites for hydroxylation is 1. The number of anilines is 2. The summed E-state index contributed by atoms with van der Waals surface area (Å²) in [6.07, 6.45) is 4.03. The van der Waals surface area contributed by atoms with Crippen LogP contribution in [-0.2, 0) is 16.6 Å². The third-order valence-electron chi connectivity index (χ3n) is 10.8. The van der Waals surface area contributed by atoms with Gasteiger partial charge in [-0.05, 0) is 84.4 Å². The van der Waals surface area contributed by atoms with Crippen LogP contribution in [0.4, 0.5) is 11.4 Å². The zero-order valence-electron chi connectivity index (χ0n) is 29.3. The van der Waals surface area contributed by atoms with Crippen LogP contribution in [-0.4, -0.2) is 112 Å². The predicted molar refractivity (Wildman–Crippen MR) is 196 cm³/mol. The number of likely N-dealkylation sites (N-methyl/N-ethyl adjacent to an activating group) is 1. The molecule has 7 rings (SSSR count). The van der Waals surface area contributed by atoms with Gasteiger partial charge in [0.05, 0.1) is 28.7 Å². The van der Waals surface area contributed by atoms with Gasteiger partial charge in [-0.15, -0.1) is 0 Å². The summed E-state index contributed by atoms with van der Waals surface area (Å²) in [4.78, 5) is 84.3. The first-order valence-corrected chi connectivity index (χ1v) is 18.3. The van der Waals surface area contributed by atoms with Crippen molar-refractivity contribution in [3.05, 3.63) is 85.7 Å². The average Bonchev–Trinajstić information content (AvgIpc) is 3.40. The Morgan fingerprint density at radius 2 is 1.69 bits per heavy atom. The number of piperidine rings is 3. The minimum Gasteiger partial charge on any atom is -0.379 e. The maximum absolute atomic E-state index is 13.7. The van der Waals surface area contributed by atoms with Gasteiger partial charge < -0.3 is 20.0 Å². The molecule has 0 spiro atoms. The van der Waals surface area contributed by atoms with Crippen LogP contribution in [0.5, 0.6) is 0 Å². The van der Waals surface area contributed by atoms with Crippen molar-refractivity contribution in [2.45, 2.75) is 56.1 Å². The van der Waals surface area contributed by atoms with E-state index < -0.39 is 29.7 Å². The van der Waals surface area contributed by atoms with Crippen LogP contribution in [0.25, 0.3) is 0 Å². The highest BCUT2D eigenvalue weighted by molar-refractivity contribution is 9.10. The molecule has 4 aliphatic rings. The van der Waals surface area contributed by atoms with E-state index in [9.17, 15) is 28.8 Å². The molecule has 5 amide bonds. The van der Waals surface area contributed by atoms with E-state index in [2.05, 4.69) is 48.5 Å². The largest absolute Gasteiger partial charge is 0.379 e. The Kier molecular flexibility index (Phi) is 9.74. The van der Waals surface area contributed by atoms with Crippen LogP contribution in [0.15, 0.2) is 57.9 Å². The molecule has 0 aliphatic carbocycles. The molecule has 3 saturated heterocycles. The SMILES string of the molecule is CN1C[C@H](Nc2cnn(C)c(=O)c2Br)C[C@H](c2ccc(C(=O)N(C)C3CCN(c4cccc5c4C(=O)N(C4CCC(=O)NC4=O)C5=O)CC3)cc2)C1. The van der Waals surface area contributed by atoms with Crippen LogP contribution in [0, 0.1) is 0 Å². The molecule has 0 radical (unpaired) electrons. The van der Waals surface area contributed by atoms with Gasteiger partial charge in [-0.25, -0.2) is 4.68 Å². The van der Waals surface area contributed by atoms with Gasteiger partial charge in [-0.3, -0.25) is 39.0 Å². The maximum atomic E-state index is 13.7. The standard InChI is InChI=1S/C37H41BrN8O6/c1-42-19-23(17-24(20-42)40-27-18-39-44(3)37(52)32(27)38)21-7-9-22(10-8-21)34(49)43(2)25-13-15-45(16-14-25)28-6-4-5-26-31(28)36(51)46(35(26)50)29-11-12-30(47)41-33(29)48/h4-10,18,23-25,29,40H,11-17,19-20H2,1-3H3,(H,41,47,48)/t23-,24+,29?/m0/s1. The maximum Gasteiger partial charge on any atom is 0.282 e. The monoisotopic (exact) mass is 772 g/mol. The minimum atomic E-state index is -1.02. The van der Waals surface area contributed by atoms with Crippen LogP contribution in [0.3, 0.4) is 0 Å². The van der Waals surface area contributed by atoms with E-state index in [1.54, 1.807) is 30.3 Å². The highest BCUT2D eigenvalue weighted by atomic mass is 79.9. The smallest absolute Gasteiger partial charge is 0.282 e. The Morgan fingerprint density at radius 1 is 0.962 bits per heavy atom. The Bertz CT molecular complexity index is 2010. The quantitative estimate of drug-likeness (QED) is 0.343. The Balaban J connectivity index is 0.972. The van der Waals surface area contributed by atoms with E-state index in [0.717, 1.165) is 30.0 Å². The number of aromatic nitrogens is 2. The summed E-state index contributed by atoms with van der Waals surface area (Å²) < 4.78 is 1.75. The van der Waals surface area contributed by atoms with E-state index >= 15 is 0 Å². The molecule has 0 saturated carbocycles. The second-order valence-electron chi connectivity index (χ2n) is 14.2. The number of benzene rings is 2. The van der Waals surface area contributed by atoms with Gasteiger partial charge in [0.2, 0.25) is 11.8 Å². The Labute approximate surface area is 309 Å². The first-order chi connectivity index (χ1) is 24.9. The molecule has 1 unspecified atom stereocenters. The number of imide groups is 2. The first-order valence-electron chi connectivity index (χ1n) is 17.5. The molecule has 3 atom stereocenters. The second-order valence-corrected chi connectivity index (χ2v) is 15.0. The van der Waals surface area contributed by atoms with Gasteiger partial charge in [-0.1, -0.05) is 18.2 Å². The van der Waals surface area contributed by atoms with Crippen molar-refractivity contribution in [2.24, 2.45) is 7.05 Å². The normalized spacial score (nSPS) is 22.7. The fourth-order valence-electron chi connectivity index (χ4n) is 8.02. The summed E-state index contributed by atoms with van der Waals surface area (Å²) in [5.74, 6) is -1.93. The number of carbonyl (C=O) groups excluding carboxylic acids is 5. The molecule has 4 aliphatic heterocycles. The predicted octanol–water partition coefficient (Wildman–Crippen LogP) is 2.58. The van der Waals surface area contributed by atoms with Crippen molar-refractivity contribution < 1.29 is 24.0 Å². The van der Waals surface area contributed by atoms with Gasteiger partial charge in [0, 0.05) is 64.3 Å². The summed E-state index contributed by atoms with van der Waals surface area (Å²) in [5, 5.41) is 9.87. The summed E-state index contributed by atoms with van der Waals surface area (Å²) in [7, 11) is 5.52. The molecule has 272 valence electrons. The molecule has 52 heavy (non-hydrogen) atoms. The number of hydrogen-bond acceptors (Lipinski definition) is 10. The number of fused-ring (bicyclic) bond motifs is 1. The molecule has 2 N–H and O–H groups in total. The van der Waals surface area contributed by atoms with Crippen LogP contribution < -0.4 is 21.1 Å². The molecular weight excluding hydrogens is 732 g/mol. The zero-order chi connectivity index (χ0) is 36.8. The highest BCUT2D eigenvalue weighted by Crippen LogP contribution is 2.36. The lowest BCUT2D eigenvalue weighted by molar-refractivity contribution is -0.136. The lowest BCUT2D eigenvalue weighted by Crippen LogP contribution is -2.54. The zero-order valence-corrected chi connectivity index (χ0v) is 30.9. The molecule has 2 aromatic carbocycles. The number of rotatable bonds is 7. The van der Waals surface area contributed by atoms with Gasteiger partial charge in [0.15, 0.2) is 0 Å². The number of hydrogen-bond donors (Lipinski definition) is 2. The number of nitrogens with one attached hydrogen (secondary N) is 2. The summed E-state index contributed by atoms with van der Waals surface area (Å²) >= 11 is 3.41. The van der Waals surface area contributed by atoms with Crippen molar-refractivity contribution in [1.82, 2.24) is 29.8 Å². The third-order valence-corrected chi connectivity index (χ3v) is 11.6. The van der Waals surface area contributed by atoms with E-state index in [1.807, 2.05) is 37.4 Å². The third kappa shape index (κ3) is 6.62. The summed E-state index contributed by atoms with van der Waals surface area (Å²) in [6, 6.07) is 12.1. The lowest BCUT2D eigenvalue weighted by Gasteiger charge is -2.38. The molecule has 3 fully saturated rings. The molecular formula is C37H41BrN8O6. The van der Waals surface area contributed by atoms with Gasteiger partial charge >= 0.3 is 0 Å². The number of amides is 5. The average molecular weight is 774 g/mol. The number of halogens is 1. The fourth-order valence-corrected chi connectivity index (χ4v) is 8.49. The Morgan fingerprint density at radius 3 is 2.40 bits per heavy atom. The fraction of sp³-hybridized carbons (Fsp3) is 0.432. The van der Waals surface area contributed by atoms with Crippen molar-refractivity contribution in [3.8, 4) is 0 Å². The topological polar surface area (TPSA) is 157 Å². The molecule has 0 bridgehead atoms. The van der Waals surface area contributed by atoms with Crippen molar-refractivity contribution in [1.29, 1.82) is 0 Å². The van der Waals surface area contributed by atoms with Gasteiger partial charge in [0.25, 0.3) is 23.3 Å². The highest BCUT2D eigenvalue weighted by Gasteiger charge is 2.46. The van der Waals surface area contributed by atoms with E-state index in [0.29, 0.717) is 47.3 Å². The molecule has 5 heterocycles. The van der Waals surface area contributed by atoms with E-state index in [-0.39, 0.29) is 53.4 Å². The van der Waals surface area contributed by atoms with Crippen LogP contribution >= 0.6 is 15.9 Å². The second kappa shape index (κ2) is 14.3. The van der Waals surface area contributed by atoms with Crippen molar-refractivity contribution in [3.63, 3.8) is 0 Å². The van der Waals surface area contributed by atoms with Crippen molar-refractivity contribution in [2.75, 3.05) is 50.5 Å². The van der Waals surface area contributed by atoms with Gasteiger partial charge in [-0.2, -0.15) is 5.10 Å². The molecule has 1 aromatic heterocycles. The summed E-state index contributed by atoms with van der Waals surface area (Å²) in [5.41, 5.74) is 3.40. The van der Waals surface area contributed by atoms with Crippen molar-refractivity contribution >= 4 is 56.8 Å².